The van der Waals surface area contributed by atoms with Crippen molar-refractivity contribution < 1.29 is 9.53 Å². The maximum Gasteiger partial charge on any atom is 0.254 e. The van der Waals surface area contributed by atoms with Crippen LogP contribution in [0, 0.1) is 23.2 Å². The summed E-state index contributed by atoms with van der Waals surface area (Å²) in [5, 5.41) is 9.40. The number of fused-ring (bicyclic) bond motifs is 1. The van der Waals surface area contributed by atoms with Crippen LogP contribution in [0.15, 0.2) is 36.4 Å². The lowest BCUT2D eigenvalue weighted by Gasteiger charge is -2.34. The summed E-state index contributed by atoms with van der Waals surface area (Å²) in [4.78, 5) is 15.0. The molecule has 0 N–H and O–H groups in total. The molecule has 1 heterocycles. The zero-order valence-corrected chi connectivity index (χ0v) is 17.7. The summed E-state index contributed by atoms with van der Waals surface area (Å²) in [6.45, 7) is 2.52. The van der Waals surface area contributed by atoms with Gasteiger partial charge in [-0.1, -0.05) is 29.7 Å². The molecule has 1 saturated carbocycles. The van der Waals surface area contributed by atoms with Gasteiger partial charge < -0.3 is 9.64 Å². The number of benzene rings is 2. The van der Waals surface area contributed by atoms with Gasteiger partial charge in [-0.15, -0.1) is 5.92 Å². The highest BCUT2D eigenvalue weighted by Crippen LogP contribution is 2.33. The highest BCUT2D eigenvalue weighted by molar-refractivity contribution is 6.31. The van der Waals surface area contributed by atoms with Crippen LogP contribution in [0.5, 0.6) is 5.75 Å². The Balaban J connectivity index is 1.36. The van der Waals surface area contributed by atoms with E-state index in [0.717, 1.165) is 42.4 Å². The SMILES string of the molecule is CC#CCc1ccc2c(c1)C(=O)N(C1CCC(Oc3ccc(C#N)c(Cl)c3)CC1)C2. The van der Waals surface area contributed by atoms with Gasteiger partial charge in [-0.3, -0.25) is 4.79 Å². The highest BCUT2D eigenvalue weighted by Gasteiger charge is 2.35. The largest absolute Gasteiger partial charge is 0.490 e. The third-order valence-corrected chi connectivity index (χ3v) is 6.24. The molecular weight excluding hydrogens is 396 g/mol. The van der Waals surface area contributed by atoms with Crippen LogP contribution < -0.4 is 4.74 Å². The average Bonchev–Trinajstić information content (AvgIpc) is 3.09. The summed E-state index contributed by atoms with van der Waals surface area (Å²) in [7, 11) is 0. The Morgan fingerprint density at radius 2 is 1.97 bits per heavy atom. The second kappa shape index (κ2) is 8.82. The molecule has 0 unspecified atom stereocenters. The second-order valence-corrected chi connectivity index (χ2v) is 8.24. The van der Waals surface area contributed by atoms with E-state index in [1.165, 1.54) is 0 Å². The Morgan fingerprint density at radius 1 is 1.17 bits per heavy atom. The quantitative estimate of drug-likeness (QED) is 0.647. The van der Waals surface area contributed by atoms with Gasteiger partial charge in [-0.25, -0.2) is 0 Å². The Hall–Kier alpha value is -2.95. The van der Waals surface area contributed by atoms with E-state index in [4.69, 9.17) is 21.6 Å². The lowest BCUT2D eigenvalue weighted by molar-refractivity contribution is 0.0561. The summed E-state index contributed by atoms with van der Waals surface area (Å²) in [5.74, 6) is 6.80. The topological polar surface area (TPSA) is 53.3 Å². The maximum atomic E-state index is 13.0. The number of hydrogen-bond donors (Lipinski definition) is 0. The number of hydrogen-bond acceptors (Lipinski definition) is 3. The minimum absolute atomic E-state index is 0.101. The van der Waals surface area contributed by atoms with Crippen LogP contribution >= 0.6 is 11.6 Å². The third kappa shape index (κ3) is 4.16. The predicted octanol–water partition coefficient (Wildman–Crippen LogP) is 5.12. The van der Waals surface area contributed by atoms with Crippen LogP contribution in [-0.4, -0.2) is 23.0 Å². The molecule has 2 aromatic rings. The maximum absolute atomic E-state index is 13.0. The first-order valence-electron chi connectivity index (χ1n) is 10.3. The van der Waals surface area contributed by atoms with Gasteiger partial charge in [0.15, 0.2) is 0 Å². The molecule has 152 valence electrons. The van der Waals surface area contributed by atoms with Crippen LogP contribution in [0.25, 0.3) is 0 Å². The van der Waals surface area contributed by atoms with Crippen molar-refractivity contribution in [2.75, 3.05) is 0 Å². The Labute approximate surface area is 182 Å². The van der Waals surface area contributed by atoms with Crippen molar-refractivity contribution in [2.24, 2.45) is 0 Å². The molecule has 0 spiro atoms. The van der Waals surface area contributed by atoms with Crippen LogP contribution in [-0.2, 0) is 13.0 Å². The number of carbonyl (C=O) groups is 1. The van der Waals surface area contributed by atoms with Gasteiger partial charge in [0.2, 0.25) is 0 Å². The van der Waals surface area contributed by atoms with Crippen molar-refractivity contribution in [3.05, 3.63) is 63.7 Å². The van der Waals surface area contributed by atoms with E-state index in [9.17, 15) is 4.79 Å². The van der Waals surface area contributed by atoms with Crippen LogP contribution in [0.1, 0.15) is 59.7 Å². The predicted molar refractivity (Wildman–Crippen MR) is 116 cm³/mol. The van der Waals surface area contributed by atoms with Gasteiger partial charge in [-0.05, 0) is 61.9 Å². The smallest absolute Gasteiger partial charge is 0.254 e. The molecule has 1 fully saturated rings. The van der Waals surface area contributed by atoms with Gasteiger partial charge in [-0.2, -0.15) is 5.26 Å². The highest BCUT2D eigenvalue weighted by atomic mass is 35.5. The van der Waals surface area contributed by atoms with E-state index in [0.29, 0.717) is 29.3 Å². The zero-order chi connectivity index (χ0) is 21.1. The number of halogens is 1. The summed E-state index contributed by atoms with van der Waals surface area (Å²) in [5.41, 5.74) is 3.48. The fourth-order valence-electron chi connectivity index (χ4n) is 4.29. The van der Waals surface area contributed by atoms with E-state index in [1.807, 2.05) is 17.9 Å². The number of nitrogens with zero attached hydrogens (tertiary/aromatic N) is 2. The van der Waals surface area contributed by atoms with Crippen molar-refractivity contribution >= 4 is 17.5 Å². The van der Waals surface area contributed by atoms with Gasteiger partial charge >= 0.3 is 0 Å². The molecule has 0 radical (unpaired) electrons. The fourth-order valence-corrected chi connectivity index (χ4v) is 4.51. The van der Waals surface area contributed by atoms with Crippen molar-refractivity contribution in [1.82, 2.24) is 4.90 Å². The fraction of sp³-hybridized carbons (Fsp3) is 0.360. The number of nitriles is 1. The Kier molecular flexibility index (Phi) is 5.98. The zero-order valence-electron chi connectivity index (χ0n) is 17.0. The molecule has 30 heavy (non-hydrogen) atoms. The molecule has 1 amide bonds. The molecule has 1 aliphatic carbocycles. The van der Waals surface area contributed by atoms with E-state index < -0.39 is 0 Å². The minimum atomic E-state index is 0.101. The third-order valence-electron chi connectivity index (χ3n) is 5.92. The molecule has 4 rings (SSSR count). The standard InChI is InChI=1S/C25H23ClN2O2/c1-2-3-4-17-5-6-19-16-28(25(29)23(19)13-17)20-8-11-21(12-9-20)30-22-10-7-18(15-27)24(26)14-22/h5-7,10,13-14,20-21H,4,8-9,11-12,16H2,1H3. The molecule has 1 aliphatic heterocycles. The van der Waals surface area contributed by atoms with Crippen LogP contribution in [0.4, 0.5) is 0 Å². The summed E-state index contributed by atoms with van der Waals surface area (Å²) < 4.78 is 6.08. The number of carbonyl (C=O) groups excluding carboxylic acids is 1. The first-order chi connectivity index (χ1) is 14.6. The van der Waals surface area contributed by atoms with Crippen molar-refractivity contribution in [1.29, 1.82) is 5.26 Å². The summed E-state index contributed by atoms with van der Waals surface area (Å²) in [6, 6.07) is 13.6. The number of amides is 1. The molecule has 0 saturated heterocycles. The molecule has 2 aliphatic rings. The lowest BCUT2D eigenvalue weighted by Crippen LogP contribution is -2.40. The molecule has 0 bridgehead atoms. The average molecular weight is 419 g/mol. The second-order valence-electron chi connectivity index (χ2n) is 7.83. The van der Waals surface area contributed by atoms with Crippen molar-refractivity contribution in [3.63, 3.8) is 0 Å². The first-order valence-corrected chi connectivity index (χ1v) is 10.7. The number of rotatable bonds is 4. The minimum Gasteiger partial charge on any atom is -0.490 e. The van der Waals surface area contributed by atoms with Gasteiger partial charge in [0.25, 0.3) is 5.91 Å². The lowest BCUT2D eigenvalue weighted by atomic mass is 9.92. The van der Waals surface area contributed by atoms with E-state index in [-0.39, 0.29) is 18.1 Å². The van der Waals surface area contributed by atoms with Crippen molar-refractivity contribution in [3.8, 4) is 23.7 Å². The molecule has 4 nitrogen and oxygen atoms in total. The van der Waals surface area contributed by atoms with E-state index in [2.05, 4.69) is 30.0 Å². The van der Waals surface area contributed by atoms with Crippen molar-refractivity contribution in [2.45, 2.75) is 57.7 Å². The van der Waals surface area contributed by atoms with Gasteiger partial charge in [0.05, 0.1) is 16.7 Å². The van der Waals surface area contributed by atoms with E-state index in [1.54, 1.807) is 18.2 Å². The molecule has 2 aromatic carbocycles. The Morgan fingerprint density at radius 3 is 2.67 bits per heavy atom. The first kappa shape index (κ1) is 20.3. The monoisotopic (exact) mass is 418 g/mol. The summed E-state index contributed by atoms with van der Waals surface area (Å²) >= 11 is 6.10. The van der Waals surface area contributed by atoms with Crippen LogP contribution in [0.3, 0.4) is 0 Å². The molecule has 5 heteroatoms. The molecule has 0 atom stereocenters. The Bertz CT molecular complexity index is 1070. The molecule has 0 aromatic heterocycles. The number of ether oxygens (including phenoxy) is 1. The van der Waals surface area contributed by atoms with Crippen LogP contribution in [0.2, 0.25) is 5.02 Å². The van der Waals surface area contributed by atoms with Gasteiger partial charge in [0.1, 0.15) is 11.8 Å². The van der Waals surface area contributed by atoms with Gasteiger partial charge in [0, 0.05) is 30.6 Å². The normalized spacial score (nSPS) is 20.2. The van der Waals surface area contributed by atoms with E-state index >= 15 is 0 Å². The molecular formula is C25H23ClN2O2. The summed E-state index contributed by atoms with van der Waals surface area (Å²) in [6.07, 6.45) is 4.40.